The molecule has 7 heteroatoms. The Labute approximate surface area is 133 Å². The molecule has 0 aliphatic heterocycles. The number of aliphatic hydroxyl groups excluding tert-OH is 1. The number of rotatable bonds is 5. The van der Waals surface area contributed by atoms with E-state index in [-0.39, 0.29) is 12.4 Å². The largest absolute Gasteiger partial charge is 0.391 e. The van der Waals surface area contributed by atoms with Gasteiger partial charge in [-0.25, -0.2) is 0 Å². The minimum Gasteiger partial charge on any atom is -0.391 e. The molecule has 2 rings (SSSR count). The van der Waals surface area contributed by atoms with E-state index in [2.05, 4.69) is 0 Å². The van der Waals surface area contributed by atoms with Gasteiger partial charge < -0.3 is 10.8 Å². The molecule has 0 saturated heterocycles. The Morgan fingerprint density at radius 2 is 1.86 bits per heavy atom. The fourth-order valence-corrected chi connectivity index (χ4v) is 2.08. The molecule has 0 bridgehead atoms. The fraction of sp³-hybridized carbons (Fsp3) is 0.200. The van der Waals surface area contributed by atoms with E-state index >= 15 is 0 Å². The first kappa shape index (κ1) is 18.0. The summed E-state index contributed by atoms with van der Waals surface area (Å²) in [5, 5.41) is 20.9. The number of nitro benzene ring substituents is 1. The number of nitrogens with zero attached hydrogens (tertiary/aromatic N) is 1. The van der Waals surface area contributed by atoms with Crippen molar-refractivity contribution in [3.8, 4) is 0 Å². The molecule has 5 nitrogen and oxygen atoms in total. The van der Waals surface area contributed by atoms with Gasteiger partial charge in [0.1, 0.15) is 0 Å². The van der Waals surface area contributed by atoms with Crippen molar-refractivity contribution in [1.82, 2.24) is 0 Å². The second-order valence-electron chi connectivity index (χ2n) is 4.75. The molecule has 0 aliphatic rings. The molecule has 0 unspecified atom stereocenters. The minimum absolute atomic E-state index is 0. The first-order valence-corrected chi connectivity index (χ1v) is 6.40. The second kappa shape index (κ2) is 7.84. The quantitative estimate of drug-likeness (QED) is 0.653. The topological polar surface area (TPSA) is 89.4 Å². The standard InChI is InChI=1S/C15H15FN2O3.ClH/c16-12-7-6-11(9-13(12)18(20)21)15(17)14(19)8-10-4-2-1-3-5-10;/h1-7,9,14-15,19H,8,17H2;1H/t14-,15+;/m0./s1. The lowest BCUT2D eigenvalue weighted by molar-refractivity contribution is -0.387. The van der Waals surface area contributed by atoms with Crippen molar-refractivity contribution in [3.05, 3.63) is 75.6 Å². The van der Waals surface area contributed by atoms with Gasteiger partial charge in [0.2, 0.25) is 5.82 Å². The highest BCUT2D eigenvalue weighted by Gasteiger charge is 2.22. The van der Waals surface area contributed by atoms with Gasteiger partial charge in [-0.1, -0.05) is 36.4 Å². The van der Waals surface area contributed by atoms with Crippen LogP contribution < -0.4 is 5.73 Å². The summed E-state index contributed by atoms with van der Waals surface area (Å²) in [5.74, 6) is -0.923. The molecule has 3 N–H and O–H groups in total. The third-order valence-electron chi connectivity index (χ3n) is 3.25. The van der Waals surface area contributed by atoms with Crippen LogP contribution in [0.25, 0.3) is 0 Å². The van der Waals surface area contributed by atoms with Gasteiger partial charge in [0.05, 0.1) is 17.1 Å². The molecule has 22 heavy (non-hydrogen) atoms. The number of benzene rings is 2. The summed E-state index contributed by atoms with van der Waals surface area (Å²) < 4.78 is 13.3. The van der Waals surface area contributed by atoms with E-state index < -0.39 is 28.6 Å². The molecular weight excluding hydrogens is 311 g/mol. The lowest BCUT2D eigenvalue weighted by Crippen LogP contribution is -2.28. The molecule has 0 fully saturated rings. The van der Waals surface area contributed by atoms with Gasteiger partial charge >= 0.3 is 5.69 Å². The first-order valence-electron chi connectivity index (χ1n) is 6.40. The van der Waals surface area contributed by atoms with Gasteiger partial charge in [-0.05, 0) is 17.2 Å². The maximum absolute atomic E-state index is 13.3. The van der Waals surface area contributed by atoms with Crippen molar-refractivity contribution in [2.45, 2.75) is 18.6 Å². The number of nitrogens with two attached hydrogens (primary N) is 1. The third kappa shape index (κ3) is 4.24. The van der Waals surface area contributed by atoms with Crippen LogP contribution >= 0.6 is 12.4 Å². The van der Waals surface area contributed by atoms with E-state index in [0.29, 0.717) is 12.0 Å². The van der Waals surface area contributed by atoms with Crippen LogP contribution in [0, 0.1) is 15.9 Å². The minimum atomic E-state index is -0.923. The summed E-state index contributed by atoms with van der Waals surface area (Å²) in [5.41, 5.74) is 6.49. The number of hydrogen-bond acceptors (Lipinski definition) is 4. The molecule has 0 aliphatic carbocycles. The molecule has 0 radical (unpaired) electrons. The van der Waals surface area contributed by atoms with Crippen molar-refractivity contribution in [2.75, 3.05) is 0 Å². The van der Waals surface area contributed by atoms with Crippen LogP contribution in [0.1, 0.15) is 17.2 Å². The molecular formula is C15H16ClFN2O3. The molecule has 2 atom stereocenters. The zero-order valence-electron chi connectivity index (χ0n) is 11.6. The Kier molecular flexibility index (Phi) is 6.42. The predicted octanol–water partition coefficient (Wildman–Crippen LogP) is 2.76. The SMILES string of the molecule is Cl.N[C@H](c1ccc(F)c([N+](=O)[O-])c1)[C@@H](O)Cc1ccccc1. The van der Waals surface area contributed by atoms with Crippen LogP contribution in [-0.4, -0.2) is 16.1 Å². The number of aliphatic hydroxyl groups is 1. The Balaban J connectivity index is 0.00000242. The molecule has 0 saturated carbocycles. The molecule has 0 amide bonds. The van der Waals surface area contributed by atoms with Crippen LogP contribution in [-0.2, 0) is 6.42 Å². The van der Waals surface area contributed by atoms with Gasteiger partial charge in [-0.2, -0.15) is 4.39 Å². The van der Waals surface area contributed by atoms with Gasteiger partial charge in [0.15, 0.2) is 0 Å². The highest BCUT2D eigenvalue weighted by Crippen LogP contribution is 2.24. The van der Waals surface area contributed by atoms with Gasteiger partial charge in [0, 0.05) is 12.5 Å². The Morgan fingerprint density at radius 3 is 2.45 bits per heavy atom. The molecule has 2 aromatic rings. The summed E-state index contributed by atoms with van der Waals surface area (Å²) in [6, 6.07) is 11.8. The highest BCUT2D eigenvalue weighted by molar-refractivity contribution is 5.85. The Bertz CT molecular complexity index is 640. The molecule has 0 spiro atoms. The number of nitro groups is 1. The van der Waals surface area contributed by atoms with Crippen LogP contribution in [0.4, 0.5) is 10.1 Å². The van der Waals surface area contributed by atoms with Crippen LogP contribution in [0.3, 0.4) is 0 Å². The lowest BCUT2D eigenvalue weighted by atomic mass is 9.96. The molecule has 0 aromatic heterocycles. The monoisotopic (exact) mass is 326 g/mol. The van der Waals surface area contributed by atoms with Gasteiger partial charge in [0.25, 0.3) is 0 Å². The summed E-state index contributed by atoms with van der Waals surface area (Å²) in [6.45, 7) is 0. The maximum atomic E-state index is 13.3. The van der Waals surface area contributed by atoms with Crippen molar-refractivity contribution >= 4 is 18.1 Å². The Morgan fingerprint density at radius 1 is 1.23 bits per heavy atom. The van der Waals surface area contributed by atoms with E-state index in [4.69, 9.17) is 5.73 Å². The van der Waals surface area contributed by atoms with E-state index in [1.165, 1.54) is 6.07 Å². The van der Waals surface area contributed by atoms with Crippen molar-refractivity contribution < 1.29 is 14.4 Å². The van der Waals surface area contributed by atoms with Crippen LogP contribution in [0.2, 0.25) is 0 Å². The number of halogens is 2. The average molecular weight is 327 g/mol. The van der Waals surface area contributed by atoms with Crippen molar-refractivity contribution in [1.29, 1.82) is 0 Å². The Hall–Kier alpha value is -2.02. The van der Waals surface area contributed by atoms with E-state index in [1.807, 2.05) is 30.3 Å². The normalized spacial score (nSPS) is 13.0. The third-order valence-corrected chi connectivity index (χ3v) is 3.25. The highest BCUT2D eigenvalue weighted by atomic mass is 35.5. The maximum Gasteiger partial charge on any atom is 0.305 e. The molecule has 2 aromatic carbocycles. The van der Waals surface area contributed by atoms with Crippen molar-refractivity contribution in [2.24, 2.45) is 5.73 Å². The zero-order valence-corrected chi connectivity index (χ0v) is 12.4. The fourth-order valence-electron chi connectivity index (χ4n) is 2.08. The number of hydrogen-bond donors (Lipinski definition) is 2. The van der Waals surface area contributed by atoms with Gasteiger partial charge in [-0.3, -0.25) is 10.1 Å². The van der Waals surface area contributed by atoms with Crippen molar-refractivity contribution in [3.63, 3.8) is 0 Å². The second-order valence-corrected chi connectivity index (χ2v) is 4.75. The summed E-state index contributed by atoms with van der Waals surface area (Å²) in [7, 11) is 0. The summed E-state index contributed by atoms with van der Waals surface area (Å²) >= 11 is 0. The van der Waals surface area contributed by atoms with E-state index in [1.54, 1.807) is 0 Å². The first-order chi connectivity index (χ1) is 9.99. The van der Waals surface area contributed by atoms with E-state index in [9.17, 15) is 19.6 Å². The zero-order chi connectivity index (χ0) is 15.4. The predicted molar refractivity (Wildman–Crippen MR) is 83.4 cm³/mol. The summed E-state index contributed by atoms with van der Waals surface area (Å²) in [6.07, 6.45) is -0.606. The average Bonchev–Trinajstić information content (AvgIpc) is 2.47. The molecule has 118 valence electrons. The van der Waals surface area contributed by atoms with E-state index in [0.717, 1.165) is 17.7 Å². The lowest BCUT2D eigenvalue weighted by Gasteiger charge is -2.19. The summed E-state index contributed by atoms with van der Waals surface area (Å²) in [4.78, 5) is 9.91. The van der Waals surface area contributed by atoms with Crippen LogP contribution in [0.15, 0.2) is 48.5 Å². The van der Waals surface area contributed by atoms with Crippen LogP contribution in [0.5, 0.6) is 0 Å². The molecule has 0 heterocycles. The van der Waals surface area contributed by atoms with Gasteiger partial charge in [-0.15, -0.1) is 12.4 Å². The smallest absolute Gasteiger partial charge is 0.305 e.